The average molecular weight is 247 g/mol. The number of rotatable bonds is 5. The molecule has 6 nitrogen and oxygen atoms in total. The molecule has 2 aliphatic rings. The number of hydrogen-bond acceptors (Lipinski definition) is 6. The van der Waals surface area contributed by atoms with Gasteiger partial charge in [0.15, 0.2) is 6.10 Å². The first kappa shape index (κ1) is 11.7. The zero-order valence-electron chi connectivity index (χ0n) is 8.61. The van der Waals surface area contributed by atoms with Gasteiger partial charge in [0.1, 0.15) is 12.2 Å². The highest BCUT2D eigenvalue weighted by Crippen LogP contribution is 2.34. The molecule has 2 heterocycles. The molecule has 0 aromatic carbocycles. The number of nitrogens with zero attached hydrogens (tertiary/aromatic N) is 1. The summed E-state index contributed by atoms with van der Waals surface area (Å²) in [6.07, 6.45) is 0.815. The van der Waals surface area contributed by atoms with E-state index in [1.165, 1.54) is 0 Å². The minimum Gasteiger partial charge on any atom is -0.372 e. The van der Waals surface area contributed by atoms with Crippen LogP contribution in [-0.4, -0.2) is 47.6 Å². The van der Waals surface area contributed by atoms with Crippen LogP contribution in [0.2, 0.25) is 0 Å². The van der Waals surface area contributed by atoms with Crippen LogP contribution < -0.4 is 0 Å². The van der Waals surface area contributed by atoms with Gasteiger partial charge in [-0.25, -0.2) is 0 Å². The summed E-state index contributed by atoms with van der Waals surface area (Å²) in [5.74, 6) is 0.821. The summed E-state index contributed by atoms with van der Waals surface area (Å²) in [6.45, 7) is 4.42. The predicted octanol–water partition coefficient (Wildman–Crippen LogP) is 0.649. The Morgan fingerprint density at radius 2 is 2.25 bits per heavy atom. The van der Waals surface area contributed by atoms with E-state index in [-0.39, 0.29) is 24.1 Å². The van der Waals surface area contributed by atoms with Gasteiger partial charge in [-0.1, -0.05) is 6.08 Å². The third-order valence-electron chi connectivity index (χ3n) is 2.61. The van der Waals surface area contributed by atoms with Crippen molar-refractivity contribution < 1.29 is 19.4 Å². The van der Waals surface area contributed by atoms with Crippen molar-refractivity contribution in [3.8, 4) is 0 Å². The molecular weight excluding hydrogens is 234 g/mol. The molecule has 0 saturated carbocycles. The third-order valence-corrected chi connectivity index (χ3v) is 3.87. The van der Waals surface area contributed by atoms with Crippen LogP contribution in [0.15, 0.2) is 12.7 Å². The van der Waals surface area contributed by atoms with Gasteiger partial charge in [0.2, 0.25) is 0 Å². The first-order valence-electron chi connectivity index (χ1n) is 4.99. The monoisotopic (exact) mass is 247 g/mol. The van der Waals surface area contributed by atoms with Crippen LogP contribution in [-0.2, 0) is 14.3 Å². The second-order valence-electron chi connectivity index (χ2n) is 3.62. The van der Waals surface area contributed by atoms with Crippen molar-refractivity contribution in [2.45, 2.75) is 23.6 Å². The maximum atomic E-state index is 10.3. The molecule has 4 unspecified atom stereocenters. The summed E-state index contributed by atoms with van der Waals surface area (Å²) in [7, 11) is 0. The molecule has 0 aromatic rings. The van der Waals surface area contributed by atoms with Crippen LogP contribution >= 0.6 is 11.8 Å². The highest BCUT2D eigenvalue weighted by Gasteiger charge is 2.49. The van der Waals surface area contributed by atoms with Gasteiger partial charge in [-0.3, -0.25) is 0 Å². The molecule has 0 amide bonds. The van der Waals surface area contributed by atoms with E-state index in [2.05, 4.69) is 11.4 Å². The minimum absolute atomic E-state index is 0.102. The lowest BCUT2D eigenvalue weighted by Crippen LogP contribution is -2.33. The zero-order valence-corrected chi connectivity index (χ0v) is 9.43. The molecule has 90 valence electrons. The maximum absolute atomic E-state index is 10.3. The second-order valence-corrected chi connectivity index (χ2v) is 4.90. The van der Waals surface area contributed by atoms with Crippen LogP contribution in [0, 0.1) is 10.1 Å². The Hall–Kier alpha value is -0.790. The van der Waals surface area contributed by atoms with Crippen LogP contribution in [0.3, 0.4) is 0 Å². The van der Waals surface area contributed by atoms with Crippen molar-refractivity contribution in [1.29, 1.82) is 0 Å². The van der Waals surface area contributed by atoms with Crippen molar-refractivity contribution in [2.24, 2.45) is 0 Å². The van der Waals surface area contributed by atoms with Gasteiger partial charge in [0.05, 0.1) is 18.5 Å². The van der Waals surface area contributed by atoms with Gasteiger partial charge in [0.25, 0.3) is 5.09 Å². The van der Waals surface area contributed by atoms with E-state index in [4.69, 9.17) is 9.47 Å². The third kappa shape index (κ3) is 2.31. The lowest BCUT2D eigenvalue weighted by molar-refractivity contribution is -0.769. The molecule has 0 bridgehead atoms. The fourth-order valence-electron chi connectivity index (χ4n) is 1.96. The van der Waals surface area contributed by atoms with Crippen molar-refractivity contribution in [3.63, 3.8) is 0 Å². The molecule has 0 aliphatic carbocycles. The zero-order chi connectivity index (χ0) is 11.5. The van der Waals surface area contributed by atoms with Crippen LogP contribution in [0.1, 0.15) is 0 Å². The molecule has 0 aromatic heterocycles. The van der Waals surface area contributed by atoms with E-state index < -0.39 is 11.2 Å². The van der Waals surface area contributed by atoms with Gasteiger partial charge in [-0.15, -0.1) is 28.5 Å². The Morgan fingerprint density at radius 1 is 1.50 bits per heavy atom. The molecule has 2 saturated heterocycles. The number of thioether (sulfide) groups is 1. The van der Waals surface area contributed by atoms with Crippen LogP contribution in [0.25, 0.3) is 0 Å². The summed E-state index contributed by atoms with van der Waals surface area (Å²) in [5.41, 5.74) is 0. The maximum Gasteiger partial charge on any atom is 0.294 e. The van der Waals surface area contributed by atoms with Crippen LogP contribution in [0.4, 0.5) is 0 Å². The Bertz CT molecular complexity index is 287. The van der Waals surface area contributed by atoms with Gasteiger partial charge in [-0.05, 0) is 0 Å². The van der Waals surface area contributed by atoms with Crippen LogP contribution in [0.5, 0.6) is 0 Å². The Balaban J connectivity index is 1.90. The first-order chi connectivity index (χ1) is 7.72. The molecule has 4 atom stereocenters. The van der Waals surface area contributed by atoms with E-state index >= 15 is 0 Å². The van der Waals surface area contributed by atoms with Crippen molar-refractivity contribution in [2.75, 3.05) is 19.0 Å². The smallest absolute Gasteiger partial charge is 0.294 e. The van der Waals surface area contributed by atoms with E-state index in [1.807, 2.05) is 6.08 Å². The number of ether oxygens (including phenoxy) is 2. The molecule has 0 radical (unpaired) electrons. The fraction of sp³-hybridized carbons (Fsp3) is 0.778. The van der Waals surface area contributed by atoms with Gasteiger partial charge in [0, 0.05) is 5.75 Å². The quantitative estimate of drug-likeness (QED) is 0.403. The summed E-state index contributed by atoms with van der Waals surface area (Å²) >= 11 is 1.69. The summed E-state index contributed by atoms with van der Waals surface area (Å²) in [5, 5.41) is 9.67. The van der Waals surface area contributed by atoms with Gasteiger partial charge < -0.3 is 14.3 Å². The topological polar surface area (TPSA) is 70.8 Å². The lowest BCUT2D eigenvalue weighted by Gasteiger charge is -2.14. The van der Waals surface area contributed by atoms with E-state index in [9.17, 15) is 10.1 Å². The van der Waals surface area contributed by atoms with Crippen molar-refractivity contribution in [3.05, 3.63) is 22.8 Å². The fourth-order valence-corrected chi connectivity index (χ4v) is 2.95. The molecule has 0 spiro atoms. The highest BCUT2D eigenvalue weighted by atomic mass is 32.2. The largest absolute Gasteiger partial charge is 0.372 e. The van der Waals surface area contributed by atoms with Crippen molar-refractivity contribution >= 4 is 11.8 Å². The van der Waals surface area contributed by atoms with Gasteiger partial charge in [-0.2, -0.15) is 0 Å². The summed E-state index contributed by atoms with van der Waals surface area (Å²) in [4.78, 5) is 14.8. The molecule has 16 heavy (non-hydrogen) atoms. The molecule has 2 aliphatic heterocycles. The minimum atomic E-state index is -0.788. The molecule has 2 fully saturated rings. The molecule has 0 N–H and O–H groups in total. The second kappa shape index (κ2) is 5.03. The van der Waals surface area contributed by atoms with E-state index in [1.54, 1.807) is 11.8 Å². The van der Waals surface area contributed by atoms with E-state index in [0.29, 0.717) is 6.61 Å². The van der Waals surface area contributed by atoms with E-state index in [0.717, 1.165) is 5.75 Å². The summed E-state index contributed by atoms with van der Waals surface area (Å²) in [6, 6.07) is 0. The molecular formula is C9H13NO5S. The Labute approximate surface area is 97.0 Å². The highest BCUT2D eigenvalue weighted by molar-refractivity contribution is 8.00. The lowest BCUT2D eigenvalue weighted by atomic mass is 10.1. The SMILES string of the molecule is C=CCSC1COC2C(O[N+](=O)[O-])COC12. The van der Waals surface area contributed by atoms with Gasteiger partial charge >= 0.3 is 0 Å². The van der Waals surface area contributed by atoms with Crippen molar-refractivity contribution in [1.82, 2.24) is 0 Å². The Kier molecular flexibility index (Phi) is 3.67. The average Bonchev–Trinajstić information content (AvgIpc) is 2.78. The summed E-state index contributed by atoms with van der Waals surface area (Å²) < 4.78 is 11.0. The molecule has 2 rings (SSSR count). The normalized spacial score (nSPS) is 37.0. The Morgan fingerprint density at radius 3 is 2.94 bits per heavy atom. The molecule has 7 heteroatoms. The predicted molar refractivity (Wildman–Crippen MR) is 57.8 cm³/mol. The standard InChI is InChI=1S/C9H13NO5S/c1-2-3-16-7-5-14-8-6(15-10(11)12)4-13-9(7)8/h2,6-9H,1,3-5H2. The number of fused-ring (bicyclic) bond motifs is 1. The number of hydrogen-bond donors (Lipinski definition) is 0. The first-order valence-corrected chi connectivity index (χ1v) is 6.04.